The van der Waals surface area contributed by atoms with Gasteiger partial charge in [-0.15, -0.1) is 0 Å². The Bertz CT molecular complexity index is 780. The largest absolute Gasteiger partial charge is 0.253 e. The molecule has 1 saturated heterocycles. The number of benzene rings is 1. The smallest absolute Gasteiger partial charge is 0.245 e. The Morgan fingerprint density at radius 1 is 1.30 bits per heavy atom. The van der Waals surface area contributed by atoms with E-state index in [9.17, 15) is 17.2 Å². The summed E-state index contributed by atoms with van der Waals surface area (Å²) in [6.45, 7) is 1.16. The molecule has 1 aromatic heterocycles. The molecule has 0 amide bonds. The van der Waals surface area contributed by atoms with Crippen LogP contribution in [-0.2, 0) is 16.6 Å². The number of halogens is 2. The molecule has 1 aromatic carbocycles. The minimum Gasteiger partial charge on any atom is -0.253 e. The van der Waals surface area contributed by atoms with Crippen LogP contribution in [0, 0.1) is 17.6 Å². The lowest BCUT2D eigenvalue weighted by Crippen LogP contribution is -2.41. The number of hydrogen-bond acceptors (Lipinski definition) is 4. The van der Waals surface area contributed by atoms with Crippen LogP contribution in [0.2, 0.25) is 0 Å². The molecule has 23 heavy (non-hydrogen) atoms. The summed E-state index contributed by atoms with van der Waals surface area (Å²) in [5.41, 5.74) is 0. The van der Waals surface area contributed by atoms with Gasteiger partial charge in [-0.25, -0.2) is 22.2 Å². The van der Waals surface area contributed by atoms with Crippen molar-refractivity contribution in [2.45, 2.75) is 24.3 Å². The summed E-state index contributed by atoms with van der Waals surface area (Å²) in [5.74, 6) is -1.80. The molecule has 1 aliphatic heterocycles. The Labute approximate surface area is 132 Å². The quantitative estimate of drug-likeness (QED) is 0.847. The molecule has 0 aliphatic carbocycles. The zero-order chi connectivity index (χ0) is 16.4. The van der Waals surface area contributed by atoms with E-state index in [-0.39, 0.29) is 12.5 Å². The Morgan fingerprint density at radius 3 is 2.83 bits per heavy atom. The SMILES string of the molecule is O=S(=O)(c1ccc(F)cc1F)N1CCCC(Cn2cncn2)C1. The normalized spacial score (nSPS) is 19.8. The highest BCUT2D eigenvalue weighted by Crippen LogP contribution is 2.26. The van der Waals surface area contributed by atoms with Crippen molar-refractivity contribution in [1.29, 1.82) is 0 Å². The first-order chi connectivity index (χ1) is 11.0. The highest BCUT2D eigenvalue weighted by molar-refractivity contribution is 7.89. The number of rotatable bonds is 4. The van der Waals surface area contributed by atoms with Crippen LogP contribution in [-0.4, -0.2) is 40.6 Å². The summed E-state index contributed by atoms with van der Waals surface area (Å²) in [6.07, 6.45) is 4.54. The van der Waals surface area contributed by atoms with Crippen LogP contribution < -0.4 is 0 Å². The van der Waals surface area contributed by atoms with E-state index in [0.29, 0.717) is 25.6 Å². The van der Waals surface area contributed by atoms with E-state index >= 15 is 0 Å². The minimum absolute atomic E-state index is 0.0729. The average Bonchev–Trinajstić information content (AvgIpc) is 3.00. The molecule has 0 N–H and O–H groups in total. The van der Waals surface area contributed by atoms with Crippen LogP contribution in [0.3, 0.4) is 0 Å². The van der Waals surface area contributed by atoms with Crippen molar-refractivity contribution in [2.24, 2.45) is 5.92 Å². The second kappa shape index (κ2) is 6.32. The van der Waals surface area contributed by atoms with Gasteiger partial charge in [0.2, 0.25) is 10.0 Å². The third-order valence-electron chi connectivity index (χ3n) is 3.91. The Balaban J connectivity index is 1.79. The van der Waals surface area contributed by atoms with Gasteiger partial charge in [-0.3, -0.25) is 4.68 Å². The first-order valence-corrected chi connectivity index (χ1v) is 8.68. The molecule has 9 heteroatoms. The van der Waals surface area contributed by atoms with Crippen LogP contribution >= 0.6 is 0 Å². The lowest BCUT2D eigenvalue weighted by atomic mass is 10.00. The van der Waals surface area contributed by atoms with Crippen molar-refractivity contribution in [3.8, 4) is 0 Å². The number of sulfonamides is 1. The van der Waals surface area contributed by atoms with Gasteiger partial charge in [-0.2, -0.15) is 9.40 Å². The fourth-order valence-corrected chi connectivity index (χ4v) is 4.41. The molecule has 1 fully saturated rings. The maximum atomic E-state index is 13.8. The van der Waals surface area contributed by atoms with Crippen LogP contribution in [0.5, 0.6) is 0 Å². The van der Waals surface area contributed by atoms with Crippen molar-refractivity contribution in [2.75, 3.05) is 13.1 Å². The predicted octanol–water partition coefficient (Wildman–Crippen LogP) is 1.66. The average molecular weight is 342 g/mol. The zero-order valence-electron chi connectivity index (χ0n) is 12.3. The lowest BCUT2D eigenvalue weighted by molar-refractivity contribution is 0.239. The highest BCUT2D eigenvalue weighted by Gasteiger charge is 2.32. The summed E-state index contributed by atoms with van der Waals surface area (Å²) >= 11 is 0. The van der Waals surface area contributed by atoms with E-state index < -0.39 is 26.6 Å². The van der Waals surface area contributed by atoms with E-state index in [2.05, 4.69) is 10.1 Å². The van der Waals surface area contributed by atoms with E-state index in [1.54, 1.807) is 11.0 Å². The van der Waals surface area contributed by atoms with Gasteiger partial charge >= 0.3 is 0 Å². The Kier molecular flexibility index (Phi) is 4.40. The maximum absolute atomic E-state index is 13.8. The second-order valence-electron chi connectivity index (χ2n) is 5.56. The van der Waals surface area contributed by atoms with E-state index in [4.69, 9.17) is 0 Å². The van der Waals surface area contributed by atoms with Crippen molar-refractivity contribution < 1.29 is 17.2 Å². The first kappa shape index (κ1) is 16.0. The molecular weight excluding hydrogens is 326 g/mol. The molecule has 0 radical (unpaired) electrons. The lowest BCUT2D eigenvalue weighted by Gasteiger charge is -2.31. The molecule has 2 heterocycles. The molecule has 6 nitrogen and oxygen atoms in total. The van der Waals surface area contributed by atoms with Crippen molar-refractivity contribution in [1.82, 2.24) is 19.1 Å². The summed E-state index contributed by atoms with van der Waals surface area (Å²) in [7, 11) is -3.97. The van der Waals surface area contributed by atoms with E-state index in [0.717, 1.165) is 18.6 Å². The molecule has 2 aromatic rings. The molecular formula is C14H16F2N4O2S. The first-order valence-electron chi connectivity index (χ1n) is 7.24. The van der Waals surface area contributed by atoms with Gasteiger partial charge in [0.15, 0.2) is 0 Å². The molecule has 0 saturated carbocycles. The van der Waals surface area contributed by atoms with Crippen LogP contribution in [0.25, 0.3) is 0 Å². The molecule has 1 atom stereocenters. The number of nitrogens with zero attached hydrogens (tertiary/aromatic N) is 4. The van der Waals surface area contributed by atoms with Gasteiger partial charge < -0.3 is 0 Å². The summed E-state index contributed by atoms with van der Waals surface area (Å²) < 4.78 is 54.9. The Hall–Kier alpha value is -1.87. The fraction of sp³-hybridized carbons (Fsp3) is 0.429. The molecule has 124 valence electrons. The number of hydrogen-bond donors (Lipinski definition) is 0. The topological polar surface area (TPSA) is 68.1 Å². The van der Waals surface area contributed by atoms with Gasteiger partial charge in [0.05, 0.1) is 0 Å². The molecule has 3 rings (SSSR count). The van der Waals surface area contributed by atoms with E-state index in [1.165, 1.54) is 10.6 Å². The molecule has 0 bridgehead atoms. The summed E-state index contributed by atoms with van der Waals surface area (Å²) in [4.78, 5) is 3.37. The summed E-state index contributed by atoms with van der Waals surface area (Å²) in [5, 5.41) is 4.02. The zero-order valence-corrected chi connectivity index (χ0v) is 13.1. The van der Waals surface area contributed by atoms with Crippen LogP contribution in [0.1, 0.15) is 12.8 Å². The predicted molar refractivity (Wildman–Crippen MR) is 77.9 cm³/mol. The van der Waals surface area contributed by atoms with Crippen molar-refractivity contribution in [3.63, 3.8) is 0 Å². The highest BCUT2D eigenvalue weighted by atomic mass is 32.2. The summed E-state index contributed by atoms with van der Waals surface area (Å²) in [6, 6.07) is 2.51. The fourth-order valence-electron chi connectivity index (χ4n) is 2.81. The second-order valence-corrected chi connectivity index (χ2v) is 7.47. The Morgan fingerprint density at radius 2 is 2.13 bits per heavy atom. The molecule has 1 unspecified atom stereocenters. The van der Waals surface area contributed by atoms with Crippen LogP contribution in [0.4, 0.5) is 8.78 Å². The van der Waals surface area contributed by atoms with Crippen molar-refractivity contribution in [3.05, 3.63) is 42.5 Å². The molecule has 1 aliphatic rings. The van der Waals surface area contributed by atoms with Gasteiger partial charge in [0.1, 0.15) is 29.2 Å². The van der Waals surface area contributed by atoms with Gasteiger partial charge in [-0.05, 0) is 30.9 Å². The maximum Gasteiger partial charge on any atom is 0.245 e. The molecule has 0 spiro atoms. The van der Waals surface area contributed by atoms with E-state index in [1.807, 2.05) is 0 Å². The third kappa shape index (κ3) is 3.40. The number of piperidine rings is 1. The van der Waals surface area contributed by atoms with Gasteiger partial charge in [-0.1, -0.05) is 0 Å². The monoisotopic (exact) mass is 342 g/mol. The van der Waals surface area contributed by atoms with Gasteiger partial charge in [0, 0.05) is 25.7 Å². The third-order valence-corrected chi connectivity index (χ3v) is 5.80. The number of aromatic nitrogens is 3. The minimum atomic E-state index is -3.97. The van der Waals surface area contributed by atoms with Crippen LogP contribution in [0.15, 0.2) is 35.7 Å². The standard InChI is InChI=1S/C14H16F2N4O2S/c15-12-3-4-14(13(16)6-12)23(21,22)20-5-1-2-11(8-20)7-19-10-17-9-18-19/h3-4,6,9-11H,1-2,5,7-8H2. The van der Waals surface area contributed by atoms with Crippen molar-refractivity contribution >= 4 is 10.0 Å². The van der Waals surface area contributed by atoms with Gasteiger partial charge in [0.25, 0.3) is 0 Å².